The molecular formula is C14H16O4. The SMILES string of the molecule is COC(=O)c1ccccc1.O=COC1CC2CC21. The lowest BCUT2D eigenvalue weighted by molar-refractivity contribution is -0.138. The molecule has 4 heteroatoms. The average molecular weight is 248 g/mol. The third-order valence-corrected chi connectivity index (χ3v) is 3.42. The number of ether oxygens (including phenoxy) is 2. The molecule has 0 spiro atoms. The molecule has 0 heterocycles. The van der Waals surface area contributed by atoms with Gasteiger partial charge in [-0.25, -0.2) is 4.79 Å². The van der Waals surface area contributed by atoms with Crippen LogP contribution in [0.2, 0.25) is 0 Å². The summed E-state index contributed by atoms with van der Waals surface area (Å²) in [5.41, 5.74) is 0.588. The van der Waals surface area contributed by atoms with Crippen LogP contribution in [-0.2, 0) is 14.3 Å². The molecule has 96 valence electrons. The lowest BCUT2D eigenvalue weighted by Crippen LogP contribution is -2.24. The molecule has 0 aliphatic heterocycles. The highest BCUT2D eigenvalue weighted by atomic mass is 16.5. The summed E-state index contributed by atoms with van der Waals surface area (Å²) in [5.74, 6) is 1.40. The van der Waals surface area contributed by atoms with E-state index in [1.165, 1.54) is 13.5 Å². The molecule has 0 amide bonds. The van der Waals surface area contributed by atoms with E-state index in [9.17, 15) is 9.59 Å². The summed E-state index contributed by atoms with van der Waals surface area (Å²) >= 11 is 0. The molecule has 0 radical (unpaired) electrons. The van der Waals surface area contributed by atoms with Gasteiger partial charge in [-0.3, -0.25) is 4.79 Å². The Kier molecular flexibility index (Phi) is 3.97. The van der Waals surface area contributed by atoms with Crippen molar-refractivity contribution in [2.45, 2.75) is 18.9 Å². The molecule has 2 fully saturated rings. The van der Waals surface area contributed by atoms with Crippen molar-refractivity contribution in [3.8, 4) is 0 Å². The maximum absolute atomic E-state index is 10.8. The van der Waals surface area contributed by atoms with Crippen molar-refractivity contribution in [1.82, 2.24) is 0 Å². The third-order valence-electron chi connectivity index (χ3n) is 3.42. The largest absolute Gasteiger partial charge is 0.465 e. The van der Waals surface area contributed by atoms with Crippen molar-refractivity contribution in [3.63, 3.8) is 0 Å². The molecule has 0 saturated heterocycles. The molecule has 4 nitrogen and oxygen atoms in total. The van der Waals surface area contributed by atoms with Crippen LogP contribution >= 0.6 is 0 Å². The molecular weight excluding hydrogens is 232 g/mol. The van der Waals surface area contributed by atoms with Gasteiger partial charge < -0.3 is 9.47 Å². The molecule has 1 aromatic rings. The molecule has 18 heavy (non-hydrogen) atoms. The lowest BCUT2D eigenvalue weighted by Gasteiger charge is -2.21. The number of hydrogen-bond donors (Lipinski definition) is 0. The van der Waals surface area contributed by atoms with E-state index >= 15 is 0 Å². The molecule has 3 atom stereocenters. The van der Waals surface area contributed by atoms with Crippen molar-refractivity contribution in [2.75, 3.05) is 7.11 Å². The van der Waals surface area contributed by atoms with Gasteiger partial charge in [0.05, 0.1) is 12.7 Å². The zero-order valence-corrected chi connectivity index (χ0v) is 10.2. The van der Waals surface area contributed by atoms with Crippen LogP contribution in [0.5, 0.6) is 0 Å². The van der Waals surface area contributed by atoms with E-state index in [1.54, 1.807) is 24.3 Å². The summed E-state index contributed by atoms with van der Waals surface area (Å²) in [6.45, 7) is 0.569. The Bertz CT molecular complexity index is 415. The van der Waals surface area contributed by atoms with Crippen LogP contribution in [0.25, 0.3) is 0 Å². The van der Waals surface area contributed by atoms with Gasteiger partial charge in [0, 0.05) is 0 Å². The molecule has 0 aromatic heterocycles. The first-order valence-corrected chi connectivity index (χ1v) is 5.98. The second-order valence-corrected chi connectivity index (χ2v) is 4.52. The number of esters is 1. The van der Waals surface area contributed by atoms with Crippen LogP contribution in [0, 0.1) is 11.8 Å². The van der Waals surface area contributed by atoms with E-state index in [0.29, 0.717) is 18.1 Å². The number of carbonyl (C=O) groups excluding carboxylic acids is 2. The van der Waals surface area contributed by atoms with Gasteiger partial charge in [-0.05, 0) is 36.8 Å². The number of fused-ring (bicyclic) bond motifs is 1. The average Bonchev–Trinajstić information content (AvgIpc) is 3.08. The Balaban J connectivity index is 0.000000136. The summed E-state index contributed by atoms with van der Waals surface area (Å²) in [5, 5.41) is 0. The minimum Gasteiger partial charge on any atom is -0.465 e. The maximum atomic E-state index is 10.8. The van der Waals surface area contributed by atoms with Gasteiger partial charge in [-0.2, -0.15) is 0 Å². The highest BCUT2D eigenvalue weighted by molar-refractivity contribution is 5.89. The summed E-state index contributed by atoms with van der Waals surface area (Å²) in [7, 11) is 1.37. The van der Waals surface area contributed by atoms with Crippen LogP contribution in [0.4, 0.5) is 0 Å². The van der Waals surface area contributed by atoms with E-state index < -0.39 is 0 Å². The van der Waals surface area contributed by atoms with Crippen LogP contribution in [-0.4, -0.2) is 25.7 Å². The zero-order chi connectivity index (χ0) is 13.0. The van der Waals surface area contributed by atoms with E-state index in [2.05, 4.69) is 4.74 Å². The first-order valence-electron chi connectivity index (χ1n) is 5.98. The summed E-state index contributed by atoms with van der Waals surface area (Å²) < 4.78 is 9.25. The fourth-order valence-corrected chi connectivity index (χ4v) is 2.19. The molecule has 0 N–H and O–H groups in total. The van der Waals surface area contributed by atoms with Gasteiger partial charge in [-0.15, -0.1) is 0 Å². The monoisotopic (exact) mass is 248 g/mol. The Morgan fingerprint density at radius 3 is 2.44 bits per heavy atom. The van der Waals surface area contributed by atoms with Gasteiger partial charge in [0.2, 0.25) is 0 Å². The predicted octanol–water partition coefficient (Wildman–Crippen LogP) is 2.04. The fourth-order valence-electron chi connectivity index (χ4n) is 2.19. The predicted molar refractivity (Wildman–Crippen MR) is 64.9 cm³/mol. The van der Waals surface area contributed by atoms with Gasteiger partial charge >= 0.3 is 5.97 Å². The molecule has 2 aliphatic rings. The lowest BCUT2D eigenvalue weighted by atomic mass is 9.96. The number of benzene rings is 1. The topological polar surface area (TPSA) is 52.6 Å². The highest BCUT2D eigenvalue weighted by Gasteiger charge is 2.54. The summed E-state index contributed by atoms with van der Waals surface area (Å²) in [4.78, 5) is 20.5. The second-order valence-electron chi connectivity index (χ2n) is 4.52. The van der Waals surface area contributed by atoms with Crippen molar-refractivity contribution in [1.29, 1.82) is 0 Å². The second kappa shape index (κ2) is 5.67. The number of rotatable bonds is 3. The first-order chi connectivity index (χ1) is 8.76. The van der Waals surface area contributed by atoms with E-state index in [4.69, 9.17) is 4.74 Å². The van der Waals surface area contributed by atoms with Crippen molar-refractivity contribution in [2.24, 2.45) is 11.8 Å². The maximum Gasteiger partial charge on any atom is 0.337 e. The molecule has 2 saturated carbocycles. The van der Waals surface area contributed by atoms with E-state index in [1.807, 2.05) is 6.07 Å². The zero-order valence-electron chi connectivity index (χ0n) is 10.2. The Hall–Kier alpha value is -1.84. The minimum absolute atomic E-state index is 0.291. The van der Waals surface area contributed by atoms with Crippen LogP contribution < -0.4 is 0 Å². The van der Waals surface area contributed by atoms with Crippen molar-refractivity contribution < 1.29 is 19.1 Å². The quantitative estimate of drug-likeness (QED) is 0.606. The van der Waals surface area contributed by atoms with Crippen LogP contribution in [0.15, 0.2) is 30.3 Å². The van der Waals surface area contributed by atoms with Crippen LogP contribution in [0.3, 0.4) is 0 Å². The highest BCUT2D eigenvalue weighted by Crippen LogP contribution is 2.56. The number of hydrogen-bond acceptors (Lipinski definition) is 4. The Morgan fingerprint density at radius 1 is 1.28 bits per heavy atom. The normalized spacial score (nSPS) is 26.6. The van der Waals surface area contributed by atoms with Gasteiger partial charge in [0.15, 0.2) is 0 Å². The van der Waals surface area contributed by atoms with E-state index in [0.717, 1.165) is 18.3 Å². The minimum atomic E-state index is -0.291. The van der Waals surface area contributed by atoms with Gasteiger partial charge in [0.25, 0.3) is 6.47 Å². The smallest absolute Gasteiger partial charge is 0.337 e. The Labute approximate surface area is 106 Å². The van der Waals surface area contributed by atoms with Gasteiger partial charge in [0.1, 0.15) is 6.10 Å². The third kappa shape index (κ3) is 2.88. The molecule has 0 bridgehead atoms. The number of methoxy groups -OCH3 is 1. The standard InChI is InChI=1S/C8H8O2.C6H8O2/c1-10-8(9)7-5-3-2-4-6-7;7-3-8-6-2-4-1-5(4)6/h2-6H,1H3;3-6H,1-2H2. The number of carbonyl (C=O) groups is 2. The first kappa shape index (κ1) is 12.6. The molecule has 3 rings (SSSR count). The fraction of sp³-hybridized carbons (Fsp3) is 0.429. The Morgan fingerprint density at radius 2 is 2.00 bits per heavy atom. The van der Waals surface area contributed by atoms with Crippen molar-refractivity contribution in [3.05, 3.63) is 35.9 Å². The van der Waals surface area contributed by atoms with E-state index in [-0.39, 0.29) is 5.97 Å². The molecule has 1 aromatic carbocycles. The van der Waals surface area contributed by atoms with Crippen LogP contribution in [0.1, 0.15) is 23.2 Å². The van der Waals surface area contributed by atoms with Crippen molar-refractivity contribution >= 4 is 12.4 Å². The summed E-state index contributed by atoms with van der Waals surface area (Å²) in [6, 6.07) is 8.88. The summed E-state index contributed by atoms with van der Waals surface area (Å²) in [6.07, 6.45) is 2.74. The molecule has 2 aliphatic carbocycles. The molecule has 3 unspecified atom stereocenters. The van der Waals surface area contributed by atoms with Gasteiger partial charge in [-0.1, -0.05) is 18.2 Å².